The van der Waals surface area contributed by atoms with E-state index in [0.29, 0.717) is 23.9 Å². The van der Waals surface area contributed by atoms with Crippen molar-refractivity contribution in [3.8, 4) is 11.4 Å². The monoisotopic (exact) mass is 715 g/mol. The lowest BCUT2D eigenvalue weighted by Crippen LogP contribution is -2.46. The van der Waals surface area contributed by atoms with Crippen molar-refractivity contribution in [1.29, 1.82) is 0 Å². The molecule has 3 aromatic heterocycles. The molecule has 0 bridgehead atoms. The molecule has 2 aliphatic heterocycles. The van der Waals surface area contributed by atoms with Crippen LogP contribution < -0.4 is 20.2 Å². The number of pyridine rings is 1. The molecule has 5 heterocycles. The second kappa shape index (κ2) is 16.1. The predicted molar refractivity (Wildman–Crippen MR) is 197 cm³/mol. The number of halogens is 1. The molecule has 3 atom stereocenters. The van der Waals surface area contributed by atoms with Crippen LogP contribution in [0.2, 0.25) is 5.02 Å². The average Bonchev–Trinajstić information content (AvgIpc) is 3.93. The van der Waals surface area contributed by atoms with Crippen LogP contribution in [0.15, 0.2) is 84.3 Å². The number of piperazine rings is 1. The molecular formula is C37H46ClN9O4. The molecule has 2 fully saturated rings. The van der Waals surface area contributed by atoms with Crippen LogP contribution >= 0.6 is 11.6 Å². The van der Waals surface area contributed by atoms with Gasteiger partial charge in [0.05, 0.1) is 36.9 Å². The lowest BCUT2D eigenvalue weighted by molar-refractivity contribution is -0.192. The van der Waals surface area contributed by atoms with Gasteiger partial charge in [-0.2, -0.15) is 20.1 Å². The fourth-order valence-corrected chi connectivity index (χ4v) is 6.59. The van der Waals surface area contributed by atoms with Gasteiger partial charge in [0.15, 0.2) is 0 Å². The molecular weight excluding hydrogens is 670 g/mol. The maximum absolute atomic E-state index is 12.8. The average molecular weight is 716 g/mol. The predicted octanol–water partition coefficient (Wildman–Crippen LogP) is 5.65. The van der Waals surface area contributed by atoms with Crippen molar-refractivity contribution >= 4 is 23.1 Å². The molecule has 51 heavy (non-hydrogen) atoms. The van der Waals surface area contributed by atoms with Crippen molar-refractivity contribution in [1.82, 2.24) is 34.3 Å². The van der Waals surface area contributed by atoms with Crippen LogP contribution in [0, 0.1) is 6.92 Å². The first-order valence-corrected chi connectivity index (χ1v) is 18.0. The molecule has 13 nitrogen and oxygen atoms in total. The van der Waals surface area contributed by atoms with E-state index >= 15 is 0 Å². The normalized spacial score (nSPS) is 19.5. The smallest absolute Gasteiger partial charge is 0.350 e. The summed E-state index contributed by atoms with van der Waals surface area (Å²) in [6.45, 7) is 14.3. The molecule has 0 amide bonds. The van der Waals surface area contributed by atoms with Gasteiger partial charge in [-0.1, -0.05) is 44.5 Å². The van der Waals surface area contributed by atoms with E-state index in [-0.39, 0.29) is 24.4 Å². The Kier molecular flexibility index (Phi) is 11.4. The van der Waals surface area contributed by atoms with Crippen LogP contribution in [-0.4, -0.2) is 79.8 Å². The molecule has 0 N–H and O–H groups in total. The maximum atomic E-state index is 12.8. The van der Waals surface area contributed by atoms with Gasteiger partial charge >= 0.3 is 5.69 Å². The number of aryl methyl sites for hydroxylation is 1. The molecule has 2 aliphatic rings. The number of anilines is 2. The Hall–Kier alpha value is -4.72. The summed E-state index contributed by atoms with van der Waals surface area (Å²) in [5.74, 6) is 0.518. The Labute approximate surface area is 303 Å². The van der Waals surface area contributed by atoms with E-state index < -0.39 is 5.79 Å². The Morgan fingerprint density at radius 3 is 2.33 bits per heavy atom. The van der Waals surface area contributed by atoms with Crippen LogP contribution in [0.3, 0.4) is 0 Å². The number of rotatable bonds is 11. The summed E-state index contributed by atoms with van der Waals surface area (Å²) in [4.78, 5) is 23.6. The van der Waals surface area contributed by atoms with Gasteiger partial charge in [-0.15, -0.1) is 0 Å². The standard InChI is InChI=1S/C35H40ClN9O4.C2H6/c1-4-26(3)45-34(46)43(24-40-45)28-8-12-33(37-20-28)42-17-15-41(16-18-42)27-6-9-29(10-7-27)47-21-30-22-48-35(49-30,23-44-38-13-14-39-44)31-11-5-25(2)19-32(31)36;1-2/h5-14,19-20,24,26,30H,4,15-18,21-23H2,1-3H3;1-2H3. The zero-order valence-electron chi connectivity index (χ0n) is 29.9. The summed E-state index contributed by atoms with van der Waals surface area (Å²) in [6.07, 6.45) is 7.07. The highest BCUT2D eigenvalue weighted by Crippen LogP contribution is 2.40. The molecule has 2 aromatic carbocycles. The van der Waals surface area contributed by atoms with Gasteiger partial charge in [0, 0.05) is 42.5 Å². The fraction of sp³-hybridized carbons (Fsp3) is 0.432. The molecule has 0 aliphatic carbocycles. The largest absolute Gasteiger partial charge is 0.491 e. The number of hydrogen-bond donors (Lipinski definition) is 0. The lowest BCUT2D eigenvalue weighted by atomic mass is 10.0. The van der Waals surface area contributed by atoms with E-state index in [9.17, 15) is 4.79 Å². The van der Waals surface area contributed by atoms with Crippen molar-refractivity contribution < 1.29 is 14.2 Å². The number of aromatic nitrogens is 7. The zero-order chi connectivity index (χ0) is 36.0. The van der Waals surface area contributed by atoms with Gasteiger partial charge in [-0.3, -0.25) is 0 Å². The maximum Gasteiger partial charge on any atom is 0.350 e. The van der Waals surface area contributed by atoms with E-state index in [1.807, 2.05) is 77.1 Å². The fourth-order valence-electron chi connectivity index (χ4n) is 6.21. The summed E-state index contributed by atoms with van der Waals surface area (Å²) < 4.78 is 22.0. The number of ether oxygens (including phenoxy) is 3. The Balaban J connectivity index is 0.00000220. The Morgan fingerprint density at radius 2 is 1.67 bits per heavy atom. The van der Waals surface area contributed by atoms with Crippen LogP contribution in [-0.2, 0) is 21.8 Å². The van der Waals surface area contributed by atoms with Crippen LogP contribution in [0.5, 0.6) is 5.75 Å². The summed E-state index contributed by atoms with van der Waals surface area (Å²) >= 11 is 6.66. The minimum Gasteiger partial charge on any atom is -0.491 e. The van der Waals surface area contributed by atoms with Crippen molar-refractivity contribution in [2.24, 2.45) is 0 Å². The van der Waals surface area contributed by atoms with Gasteiger partial charge in [0.2, 0.25) is 5.79 Å². The molecule has 3 unspecified atom stereocenters. The Morgan fingerprint density at radius 1 is 0.961 bits per heavy atom. The van der Waals surface area contributed by atoms with E-state index in [2.05, 4.69) is 42.2 Å². The van der Waals surface area contributed by atoms with Crippen molar-refractivity contribution in [3.05, 3.63) is 106 Å². The van der Waals surface area contributed by atoms with Crippen molar-refractivity contribution in [2.45, 2.75) is 65.5 Å². The highest BCUT2D eigenvalue weighted by Gasteiger charge is 2.46. The van der Waals surface area contributed by atoms with Crippen LogP contribution in [0.25, 0.3) is 5.69 Å². The summed E-state index contributed by atoms with van der Waals surface area (Å²) in [7, 11) is 0. The lowest BCUT2D eigenvalue weighted by Gasteiger charge is -2.36. The highest BCUT2D eigenvalue weighted by molar-refractivity contribution is 6.31. The second-order valence-corrected chi connectivity index (χ2v) is 12.9. The van der Waals surface area contributed by atoms with Gasteiger partial charge in [0.25, 0.3) is 0 Å². The molecule has 14 heteroatoms. The SMILES string of the molecule is CC.CCC(C)n1ncn(-c2ccc(N3CCN(c4ccc(OCC5COC(Cn6nccn6)(c6ccc(C)cc6Cl)O5)cc4)CC3)nc2)c1=O. The van der Waals surface area contributed by atoms with Crippen molar-refractivity contribution in [2.75, 3.05) is 49.2 Å². The Bertz CT molecular complexity index is 1910. The third kappa shape index (κ3) is 7.95. The number of nitrogens with zero attached hydrogens (tertiary/aromatic N) is 9. The third-order valence-corrected chi connectivity index (χ3v) is 9.48. The van der Waals surface area contributed by atoms with Gasteiger partial charge in [0.1, 0.15) is 37.2 Å². The molecule has 7 rings (SSSR count). The minimum absolute atomic E-state index is 0.0471. The topological polar surface area (TPSA) is 118 Å². The van der Waals surface area contributed by atoms with E-state index in [0.717, 1.165) is 61.0 Å². The number of hydrogen-bond acceptors (Lipinski definition) is 10. The summed E-state index contributed by atoms with van der Waals surface area (Å²) in [5.41, 5.74) is 3.47. The summed E-state index contributed by atoms with van der Waals surface area (Å²) in [6, 6.07) is 17.9. The van der Waals surface area contributed by atoms with Crippen molar-refractivity contribution in [3.63, 3.8) is 0 Å². The van der Waals surface area contributed by atoms with E-state index in [4.69, 9.17) is 25.8 Å². The van der Waals surface area contributed by atoms with Gasteiger partial charge < -0.3 is 24.0 Å². The first-order chi connectivity index (χ1) is 24.8. The molecule has 0 spiro atoms. The first kappa shape index (κ1) is 36.1. The van der Waals surface area contributed by atoms with E-state index in [1.165, 1.54) is 9.25 Å². The summed E-state index contributed by atoms with van der Waals surface area (Å²) in [5, 5.41) is 13.4. The molecule has 0 radical (unpaired) electrons. The third-order valence-electron chi connectivity index (χ3n) is 9.16. The number of benzene rings is 2. The first-order valence-electron chi connectivity index (χ1n) is 17.6. The van der Waals surface area contributed by atoms with Crippen LogP contribution in [0.1, 0.15) is 51.3 Å². The molecule has 2 saturated heterocycles. The molecule has 0 saturated carbocycles. The second-order valence-electron chi connectivity index (χ2n) is 12.5. The molecule has 270 valence electrons. The van der Waals surface area contributed by atoms with Crippen LogP contribution in [0.4, 0.5) is 11.5 Å². The highest BCUT2D eigenvalue weighted by atomic mass is 35.5. The quantitative estimate of drug-likeness (QED) is 0.170. The zero-order valence-corrected chi connectivity index (χ0v) is 30.6. The van der Waals surface area contributed by atoms with Gasteiger partial charge in [-0.25, -0.2) is 19.0 Å². The minimum atomic E-state index is -1.13. The van der Waals surface area contributed by atoms with Gasteiger partial charge in [-0.05, 0) is 68.3 Å². The molecule has 5 aromatic rings. The van der Waals surface area contributed by atoms with E-state index in [1.54, 1.807) is 29.7 Å².